The zero-order chi connectivity index (χ0) is 23.4. The van der Waals surface area contributed by atoms with Crippen LogP contribution < -0.4 is 9.73 Å². The van der Waals surface area contributed by atoms with Gasteiger partial charge in [0, 0.05) is 24.2 Å². The fraction of sp³-hybridized carbons (Fsp3) is 0.474. The molecule has 4 rings (SSSR count). The predicted molar refractivity (Wildman–Crippen MR) is 105 cm³/mol. The highest BCUT2D eigenvalue weighted by molar-refractivity contribution is 7.93. The summed E-state index contributed by atoms with van der Waals surface area (Å²) < 4.78 is 86.4. The molecule has 2 fully saturated rings. The zero-order valence-electron chi connectivity index (χ0n) is 16.4. The van der Waals surface area contributed by atoms with Gasteiger partial charge in [-0.3, -0.25) is 9.10 Å². The molecule has 2 heterocycles. The quantitative estimate of drug-likeness (QED) is 0.640. The molecule has 13 heteroatoms. The number of sulfonamides is 1. The molecule has 8 nitrogen and oxygen atoms in total. The van der Waals surface area contributed by atoms with Crippen LogP contribution in [0.3, 0.4) is 0 Å². The standard InChI is InChI=1S/C19H18F4N2O6S/c20-14-6-12-15(24(10-3-4-10)9-13(17(12)26)18(27)28)7-16(14)25(8-11-2-1-5-31-11)32(29,30)19(21,22)23/h6-7,9-11H,1-5,8H2,(H,27,28). The number of ether oxygens (including phenoxy) is 1. The molecule has 1 saturated carbocycles. The first-order valence-corrected chi connectivity index (χ1v) is 11.2. The Morgan fingerprint density at radius 1 is 1.25 bits per heavy atom. The van der Waals surface area contributed by atoms with Gasteiger partial charge in [0.2, 0.25) is 5.43 Å². The van der Waals surface area contributed by atoms with Gasteiger partial charge in [-0.05, 0) is 37.8 Å². The number of carboxylic acid groups (broad SMARTS) is 1. The number of benzene rings is 1. The lowest BCUT2D eigenvalue weighted by Gasteiger charge is -2.28. The smallest absolute Gasteiger partial charge is 0.477 e. The number of aromatic nitrogens is 1. The molecule has 1 atom stereocenters. The van der Waals surface area contributed by atoms with Gasteiger partial charge in [-0.25, -0.2) is 9.18 Å². The molecule has 1 saturated heterocycles. The van der Waals surface area contributed by atoms with Crippen molar-refractivity contribution < 1.29 is 40.6 Å². The van der Waals surface area contributed by atoms with E-state index < -0.39 is 56.6 Å². The molecule has 1 aromatic carbocycles. The van der Waals surface area contributed by atoms with Gasteiger partial charge in [0.25, 0.3) is 0 Å². The van der Waals surface area contributed by atoms with Gasteiger partial charge in [-0.15, -0.1) is 0 Å². The summed E-state index contributed by atoms with van der Waals surface area (Å²) in [5, 5.41) is 8.92. The van der Waals surface area contributed by atoms with Crippen molar-refractivity contribution in [2.45, 2.75) is 43.3 Å². The molecule has 0 amide bonds. The van der Waals surface area contributed by atoms with Crippen LogP contribution in [0, 0.1) is 5.82 Å². The zero-order valence-corrected chi connectivity index (χ0v) is 17.2. The number of halogens is 4. The lowest BCUT2D eigenvalue weighted by atomic mass is 10.1. The van der Waals surface area contributed by atoms with E-state index in [0.717, 1.165) is 12.3 Å². The Morgan fingerprint density at radius 3 is 2.47 bits per heavy atom. The van der Waals surface area contributed by atoms with Gasteiger partial charge in [-0.1, -0.05) is 0 Å². The third kappa shape index (κ3) is 3.83. The lowest BCUT2D eigenvalue weighted by molar-refractivity contribution is -0.0440. The minimum absolute atomic E-state index is 0.0476. The van der Waals surface area contributed by atoms with Gasteiger partial charge in [0.15, 0.2) is 0 Å². The molecule has 2 aliphatic rings. The largest absolute Gasteiger partial charge is 0.516 e. The van der Waals surface area contributed by atoms with E-state index in [1.54, 1.807) is 0 Å². The van der Waals surface area contributed by atoms with Crippen LogP contribution in [0.25, 0.3) is 10.9 Å². The summed E-state index contributed by atoms with van der Waals surface area (Å²) in [7, 11) is -5.99. The topological polar surface area (TPSA) is 106 Å². The van der Waals surface area contributed by atoms with Crippen LogP contribution in [0.2, 0.25) is 0 Å². The Kier molecular flexibility index (Phi) is 5.44. The first-order valence-electron chi connectivity index (χ1n) is 9.74. The maximum absolute atomic E-state index is 15.0. The van der Waals surface area contributed by atoms with E-state index in [-0.39, 0.29) is 27.9 Å². The average Bonchev–Trinajstić information content (AvgIpc) is 3.40. The summed E-state index contributed by atoms with van der Waals surface area (Å²) in [6.45, 7) is -0.519. The summed E-state index contributed by atoms with van der Waals surface area (Å²) in [5.41, 5.74) is -8.26. The summed E-state index contributed by atoms with van der Waals surface area (Å²) >= 11 is 0. The molecule has 1 aromatic heterocycles. The number of fused-ring (bicyclic) bond motifs is 1. The molecule has 1 unspecified atom stereocenters. The maximum atomic E-state index is 15.0. The third-order valence-corrected chi connectivity index (χ3v) is 7.03. The maximum Gasteiger partial charge on any atom is 0.516 e. The van der Waals surface area contributed by atoms with Crippen molar-refractivity contribution in [1.29, 1.82) is 0 Å². The van der Waals surface area contributed by atoms with Gasteiger partial charge in [0.1, 0.15) is 11.4 Å². The van der Waals surface area contributed by atoms with Crippen LogP contribution in [-0.2, 0) is 14.8 Å². The van der Waals surface area contributed by atoms with Gasteiger partial charge in [0.05, 0.1) is 23.9 Å². The Morgan fingerprint density at radius 2 is 1.94 bits per heavy atom. The van der Waals surface area contributed by atoms with Crippen LogP contribution in [-0.4, -0.2) is 48.8 Å². The Balaban J connectivity index is 1.95. The Hall–Kier alpha value is -2.67. The summed E-state index contributed by atoms with van der Waals surface area (Å²) in [4.78, 5) is 24.0. The number of rotatable bonds is 6. The molecule has 1 N–H and O–H groups in total. The van der Waals surface area contributed by atoms with Crippen molar-refractivity contribution in [1.82, 2.24) is 4.57 Å². The number of alkyl halides is 3. The molecular formula is C19H18F4N2O6S. The average molecular weight is 478 g/mol. The highest BCUT2D eigenvalue weighted by Gasteiger charge is 2.51. The second kappa shape index (κ2) is 7.73. The number of nitrogens with zero attached hydrogens (tertiary/aromatic N) is 2. The molecule has 1 aliphatic heterocycles. The fourth-order valence-electron chi connectivity index (χ4n) is 3.78. The minimum atomic E-state index is -5.99. The molecule has 0 spiro atoms. The molecule has 32 heavy (non-hydrogen) atoms. The Bertz CT molecular complexity index is 1250. The fourth-order valence-corrected chi connectivity index (χ4v) is 4.79. The van der Waals surface area contributed by atoms with Crippen LogP contribution in [0.1, 0.15) is 42.1 Å². The summed E-state index contributed by atoms with van der Waals surface area (Å²) in [5.74, 6) is -2.93. The first kappa shape index (κ1) is 22.5. The van der Waals surface area contributed by atoms with Crippen LogP contribution in [0.5, 0.6) is 0 Å². The van der Waals surface area contributed by atoms with Crippen molar-refractivity contribution in [2.75, 3.05) is 17.5 Å². The summed E-state index contributed by atoms with van der Waals surface area (Å²) in [6, 6.07) is 1.21. The van der Waals surface area contributed by atoms with E-state index in [4.69, 9.17) is 4.74 Å². The summed E-state index contributed by atoms with van der Waals surface area (Å²) in [6.07, 6.45) is 2.24. The number of hydrogen-bond donors (Lipinski definition) is 1. The molecular weight excluding hydrogens is 460 g/mol. The van der Waals surface area contributed by atoms with Crippen molar-refractivity contribution in [3.05, 3.63) is 39.9 Å². The van der Waals surface area contributed by atoms with E-state index in [9.17, 15) is 36.3 Å². The molecule has 2 aromatic rings. The van der Waals surface area contributed by atoms with Crippen molar-refractivity contribution in [2.24, 2.45) is 0 Å². The third-order valence-electron chi connectivity index (χ3n) is 5.52. The minimum Gasteiger partial charge on any atom is -0.477 e. The van der Waals surface area contributed by atoms with Crippen molar-refractivity contribution in [3.63, 3.8) is 0 Å². The Labute approximate surface area is 179 Å². The number of carboxylic acids is 1. The first-order chi connectivity index (χ1) is 14.9. The number of hydrogen-bond acceptors (Lipinski definition) is 5. The van der Waals surface area contributed by atoms with Gasteiger partial charge >= 0.3 is 21.5 Å². The van der Waals surface area contributed by atoms with Crippen molar-refractivity contribution >= 4 is 32.6 Å². The number of anilines is 1. The highest BCUT2D eigenvalue weighted by atomic mass is 32.2. The van der Waals surface area contributed by atoms with E-state index in [1.165, 1.54) is 4.57 Å². The lowest BCUT2D eigenvalue weighted by Crippen LogP contribution is -2.45. The predicted octanol–water partition coefficient (Wildman–Crippen LogP) is 3.01. The van der Waals surface area contributed by atoms with E-state index in [1.807, 2.05) is 0 Å². The van der Waals surface area contributed by atoms with Crippen LogP contribution >= 0.6 is 0 Å². The van der Waals surface area contributed by atoms with Crippen molar-refractivity contribution in [3.8, 4) is 0 Å². The van der Waals surface area contributed by atoms with Gasteiger partial charge < -0.3 is 14.4 Å². The molecule has 0 radical (unpaired) electrons. The molecule has 174 valence electrons. The normalized spacial score (nSPS) is 19.4. The van der Waals surface area contributed by atoms with E-state index in [2.05, 4.69) is 0 Å². The number of carbonyl (C=O) groups is 1. The number of aromatic carboxylic acids is 1. The van der Waals surface area contributed by atoms with Crippen LogP contribution in [0.15, 0.2) is 23.1 Å². The highest BCUT2D eigenvalue weighted by Crippen LogP contribution is 2.39. The van der Waals surface area contributed by atoms with E-state index in [0.29, 0.717) is 31.7 Å². The second-order valence-electron chi connectivity index (χ2n) is 7.75. The SMILES string of the molecule is O=C(O)c1cn(C2CC2)c2cc(N(CC3CCCO3)S(=O)(=O)C(F)(F)F)c(F)cc2c1=O. The second-order valence-corrected chi connectivity index (χ2v) is 9.61. The number of pyridine rings is 1. The van der Waals surface area contributed by atoms with Gasteiger partial charge in [-0.2, -0.15) is 21.6 Å². The van der Waals surface area contributed by atoms with E-state index >= 15 is 4.39 Å². The molecule has 0 bridgehead atoms. The van der Waals surface area contributed by atoms with Crippen LogP contribution in [0.4, 0.5) is 23.2 Å². The molecule has 1 aliphatic carbocycles. The monoisotopic (exact) mass is 478 g/mol.